The van der Waals surface area contributed by atoms with Gasteiger partial charge < -0.3 is 9.47 Å². The molecule has 0 saturated carbocycles. The first-order valence-corrected chi connectivity index (χ1v) is 9.96. The van der Waals surface area contributed by atoms with E-state index in [2.05, 4.69) is 36.5 Å². The molecule has 0 bridgehead atoms. The average Bonchev–Trinajstić information content (AvgIpc) is 3.24. The number of carbonyl (C=O) groups is 1. The Labute approximate surface area is 175 Å². The van der Waals surface area contributed by atoms with E-state index < -0.39 is 0 Å². The van der Waals surface area contributed by atoms with Crippen LogP contribution in [0.25, 0.3) is 0 Å². The largest absolute Gasteiger partial charge is 0.462 e. The maximum atomic E-state index is 12.4. The van der Waals surface area contributed by atoms with Crippen LogP contribution in [0, 0.1) is 0 Å². The van der Waals surface area contributed by atoms with Crippen LogP contribution < -0.4 is 9.47 Å². The van der Waals surface area contributed by atoms with Gasteiger partial charge in [-0.2, -0.15) is 4.58 Å². The minimum absolute atomic E-state index is 0.0724. The van der Waals surface area contributed by atoms with E-state index in [0.29, 0.717) is 23.7 Å². The van der Waals surface area contributed by atoms with Crippen molar-refractivity contribution in [3.63, 3.8) is 0 Å². The van der Waals surface area contributed by atoms with Crippen LogP contribution in [0.15, 0.2) is 61.5 Å². The second-order valence-electron chi connectivity index (χ2n) is 7.20. The number of ether oxygens (including phenoxy) is 2. The zero-order chi connectivity index (χ0) is 21.1. The number of amides is 1. The number of nitrogens with zero attached hydrogens (tertiary/aromatic N) is 2. The first-order chi connectivity index (χ1) is 14.6. The Bertz CT molecular complexity index is 1120. The van der Waals surface area contributed by atoms with Crippen LogP contribution >= 0.6 is 0 Å². The first-order valence-electron chi connectivity index (χ1n) is 9.96. The molecular weight excluding hydrogens is 378 g/mol. The minimum atomic E-state index is -0.141. The number of rotatable bonds is 7. The predicted octanol–water partition coefficient (Wildman–Crippen LogP) is 5.08. The van der Waals surface area contributed by atoms with Gasteiger partial charge in [-0.05, 0) is 35.7 Å². The van der Waals surface area contributed by atoms with Gasteiger partial charge in [0, 0.05) is 5.92 Å². The van der Waals surface area contributed by atoms with Crippen molar-refractivity contribution in [1.29, 1.82) is 0 Å². The standard InChI is InChI=1S/C24H24N3O3/c1-4-8-16-9-6-7-10-20(16)30-21-12-11-17(13-22(21)29-5-2)18-14-23(28)27(3)24-19(18)15-25-26-24/h5-7,9-13,15,18H,2-4,8,14H2,1H3,(H,25,26)/q+1. The van der Waals surface area contributed by atoms with Crippen molar-refractivity contribution in [2.24, 2.45) is 0 Å². The van der Waals surface area contributed by atoms with Gasteiger partial charge in [0.15, 0.2) is 11.5 Å². The van der Waals surface area contributed by atoms with E-state index in [4.69, 9.17) is 9.47 Å². The lowest BCUT2D eigenvalue weighted by atomic mass is 9.87. The van der Waals surface area contributed by atoms with Crippen LogP contribution in [0.1, 0.15) is 42.4 Å². The van der Waals surface area contributed by atoms with E-state index >= 15 is 0 Å². The molecule has 0 saturated heterocycles. The van der Waals surface area contributed by atoms with Crippen LogP contribution in [0.2, 0.25) is 0 Å². The molecule has 1 aliphatic heterocycles. The number of para-hydroxylation sites is 1. The second-order valence-corrected chi connectivity index (χ2v) is 7.20. The molecule has 4 rings (SSSR count). The monoisotopic (exact) mass is 402 g/mol. The first kappa shape index (κ1) is 19.6. The molecule has 3 aromatic rings. The SMILES string of the molecule is C=COc1cc(C2CC(=O)[N+](=C)c3[nH]ncc32)ccc1Oc1ccccc1CCC. The number of aromatic amines is 1. The summed E-state index contributed by atoms with van der Waals surface area (Å²) in [5.41, 5.74) is 3.01. The van der Waals surface area contributed by atoms with E-state index in [-0.39, 0.29) is 11.8 Å². The molecule has 6 heteroatoms. The number of hydrogen-bond donors (Lipinski definition) is 1. The van der Waals surface area contributed by atoms with Gasteiger partial charge in [-0.15, -0.1) is 5.10 Å². The van der Waals surface area contributed by atoms with Gasteiger partial charge in [-0.1, -0.05) is 49.3 Å². The third kappa shape index (κ3) is 3.64. The summed E-state index contributed by atoms with van der Waals surface area (Å²) in [6, 6.07) is 13.7. The number of H-pyrrole nitrogens is 1. The molecule has 30 heavy (non-hydrogen) atoms. The molecule has 1 aromatic heterocycles. The molecule has 152 valence electrons. The molecular formula is C24H24N3O3+. The summed E-state index contributed by atoms with van der Waals surface area (Å²) in [7, 11) is 0. The Balaban J connectivity index is 1.70. The van der Waals surface area contributed by atoms with Crippen molar-refractivity contribution in [2.75, 3.05) is 0 Å². The quantitative estimate of drug-likeness (QED) is 0.442. The molecule has 1 atom stereocenters. The summed E-state index contributed by atoms with van der Waals surface area (Å²) in [6.07, 6.45) is 5.38. The number of aryl methyl sites for hydroxylation is 1. The fourth-order valence-corrected chi connectivity index (χ4v) is 3.78. The molecule has 1 aliphatic rings. The molecule has 1 unspecified atom stereocenters. The smallest absolute Gasteiger partial charge is 0.314 e. The number of hydrogen-bond acceptors (Lipinski definition) is 4. The second kappa shape index (κ2) is 8.37. The van der Waals surface area contributed by atoms with Crippen LogP contribution in [-0.2, 0) is 11.2 Å². The molecule has 0 aliphatic carbocycles. The number of nitrogens with one attached hydrogen (secondary N) is 1. The Morgan fingerprint density at radius 3 is 2.87 bits per heavy atom. The summed E-state index contributed by atoms with van der Waals surface area (Å²) in [5, 5.41) is 6.95. The summed E-state index contributed by atoms with van der Waals surface area (Å²) >= 11 is 0. The Hall–Kier alpha value is -3.67. The Morgan fingerprint density at radius 1 is 1.23 bits per heavy atom. The van der Waals surface area contributed by atoms with Crippen LogP contribution in [0.4, 0.5) is 5.82 Å². The number of carbonyl (C=O) groups excluding carboxylic acids is 1. The summed E-state index contributed by atoms with van der Waals surface area (Å²) in [6.45, 7) is 9.63. The summed E-state index contributed by atoms with van der Waals surface area (Å²) in [4.78, 5) is 12.4. The van der Waals surface area contributed by atoms with Crippen LogP contribution in [0.3, 0.4) is 0 Å². The molecule has 2 aromatic carbocycles. The Kier molecular flexibility index (Phi) is 5.48. The van der Waals surface area contributed by atoms with Crippen LogP contribution in [0.5, 0.6) is 17.2 Å². The summed E-state index contributed by atoms with van der Waals surface area (Å²) in [5.74, 6) is 2.35. The maximum Gasteiger partial charge on any atom is 0.314 e. The third-order valence-electron chi connectivity index (χ3n) is 5.26. The van der Waals surface area contributed by atoms with Crippen molar-refractivity contribution < 1.29 is 18.8 Å². The van der Waals surface area contributed by atoms with Crippen LogP contribution in [-0.4, -0.2) is 27.4 Å². The highest BCUT2D eigenvalue weighted by atomic mass is 16.5. The van der Waals surface area contributed by atoms with Gasteiger partial charge in [0.1, 0.15) is 5.75 Å². The average molecular weight is 402 g/mol. The van der Waals surface area contributed by atoms with Crippen molar-refractivity contribution in [3.05, 3.63) is 78.2 Å². The van der Waals surface area contributed by atoms with E-state index in [9.17, 15) is 4.79 Å². The van der Waals surface area contributed by atoms with E-state index in [1.54, 1.807) is 6.20 Å². The fourth-order valence-electron chi connectivity index (χ4n) is 3.78. The lowest BCUT2D eigenvalue weighted by Gasteiger charge is -2.21. The highest BCUT2D eigenvalue weighted by molar-refractivity contribution is 5.77. The van der Waals surface area contributed by atoms with Gasteiger partial charge >= 0.3 is 11.7 Å². The Morgan fingerprint density at radius 2 is 2.07 bits per heavy atom. The van der Waals surface area contributed by atoms with E-state index in [1.165, 1.54) is 10.8 Å². The number of aromatic nitrogens is 2. The molecule has 1 amide bonds. The molecule has 0 fully saturated rings. The van der Waals surface area contributed by atoms with Crippen molar-refractivity contribution in [3.8, 4) is 17.2 Å². The number of benzene rings is 2. The third-order valence-corrected chi connectivity index (χ3v) is 5.26. The maximum absolute atomic E-state index is 12.4. The van der Waals surface area contributed by atoms with Gasteiger partial charge in [0.25, 0.3) is 0 Å². The zero-order valence-corrected chi connectivity index (χ0v) is 16.9. The lowest BCUT2D eigenvalue weighted by Crippen LogP contribution is -2.24. The normalized spacial score (nSPS) is 15.6. The minimum Gasteiger partial charge on any atom is -0.462 e. The van der Waals surface area contributed by atoms with Gasteiger partial charge in [-0.25, -0.2) is 4.79 Å². The lowest BCUT2D eigenvalue weighted by molar-refractivity contribution is -0.367. The van der Waals surface area contributed by atoms with Gasteiger partial charge in [0.2, 0.25) is 0 Å². The molecule has 0 spiro atoms. The van der Waals surface area contributed by atoms with Gasteiger partial charge in [0.05, 0.1) is 31.2 Å². The van der Waals surface area contributed by atoms with Crippen molar-refractivity contribution in [1.82, 2.24) is 10.2 Å². The van der Waals surface area contributed by atoms with Crippen molar-refractivity contribution >= 4 is 18.4 Å². The highest BCUT2D eigenvalue weighted by Gasteiger charge is 2.36. The predicted molar refractivity (Wildman–Crippen MR) is 115 cm³/mol. The van der Waals surface area contributed by atoms with Crippen molar-refractivity contribution in [2.45, 2.75) is 32.1 Å². The number of fused-ring (bicyclic) bond motifs is 1. The molecule has 2 heterocycles. The molecule has 6 nitrogen and oxygen atoms in total. The topological polar surface area (TPSA) is 67.2 Å². The zero-order valence-electron chi connectivity index (χ0n) is 16.9. The molecule has 1 N–H and O–H groups in total. The van der Waals surface area contributed by atoms with E-state index in [0.717, 1.165) is 35.3 Å². The molecule has 0 radical (unpaired) electrons. The highest BCUT2D eigenvalue weighted by Crippen LogP contribution is 2.41. The summed E-state index contributed by atoms with van der Waals surface area (Å²) < 4.78 is 13.2. The van der Waals surface area contributed by atoms with Gasteiger partial charge in [-0.3, -0.25) is 0 Å². The van der Waals surface area contributed by atoms with E-state index in [1.807, 2.05) is 36.4 Å². The fraction of sp³-hybridized carbons (Fsp3) is 0.208.